The molecule has 2 amide bonds. The van der Waals surface area contributed by atoms with Gasteiger partial charge in [-0.1, -0.05) is 46.6 Å². The van der Waals surface area contributed by atoms with Gasteiger partial charge in [0.1, 0.15) is 12.6 Å². The van der Waals surface area contributed by atoms with Crippen LogP contribution in [0.15, 0.2) is 46.9 Å². The molecule has 0 aliphatic rings. The quantitative estimate of drug-likeness (QED) is 0.475. The summed E-state index contributed by atoms with van der Waals surface area (Å²) in [5.41, 5.74) is 1.80. The molecule has 180 valence electrons. The van der Waals surface area contributed by atoms with Crippen molar-refractivity contribution in [3.63, 3.8) is 0 Å². The minimum absolute atomic E-state index is 0.157. The smallest absolute Gasteiger partial charge is 0.244 e. The lowest BCUT2D eigenvalue weighted by molar-refractivity contribution is -0.139. The molecule has 1 N–H and O–H groups in total. The van der Waals surface area contributed by atoms with Gasteiger partial charge in [0.05, 0.1) is 11.9 Å². The number of carbonyl (C=O) groups excluding carboxylic acids is 2. The molecule has 0 heterocycles. The Morgan fingerprint density at radius 3 is 2.33 bits per heavy atom. The second kappa shape index (κ2) is 11.9. The molecule has 33 heavy (non-hydrogen) atoms. The van der Waals surface area contributed by atoms with Crippen molar-refractivity contribution in [3.05, 3.63) is 63.1 Å². The van der Waals surface area contributed by atoms with Crippen LogP contribution in [0.3, 0.4) is 0 Å². The first-order chi connectivity index (χ1) is 15.4. The number of anilines is 1. The van der Waals surface area contributed by atoms with Gasteiger partial charge < -0.3 is 10.2 Å². The Hall–Kier alpha value is -2.10. The van der Waals surface area contributed by atoms with Crippen LogP contribution in [-0.2, 0) is 26.2 Å². The van der Waals surface area contributed by atoms with E-state index in [0.29, 0.717) is 22.8 Å². The monoisotopic (exact) mass is 557 g/mol. The summed E-state index contributed by atoms with van der Waals surface area (Å²) in [6.07, 6.45) is 1.81. The molecular formula is C23H29BrClN3O4S. The fourth-order valence-corrected chi connectivity index (χ4v) is 4.66. The van der Waals surface area contributed by atoms with E-state index in [1.807, 2.05) is 31.2 Å². The first-order valence-electron chi connectivity index (χ1n) is 10.5. The molecule has 0 saturated carbocycles. The first-order valence-corrected chi connectivity index (χ1v) is 13.5. The Kier molecular flexibility index (Phi) is 9.75. The lowest BCUT2D eigenvalue weighted by Gasteiger charge is -2.32. The highest BCUT2D eigenvalue weighted by Crippen LogP contribution is 2.26. The van der Waals surface area contributed by atoms with E-state index in [0.717, 1.165) is 27.0 Å². The van der Waals surface area contributed by atoms with E-state index < -0.39 is 28.5 Å². The van der Waals surface area contributed by atoms with Crippen molar-refractivity contribution >= 4 is 55.1 Å². The minimum atomic E-state index is -3.78. The predicted molar refractivity (Wildman–Crippen MR) is 136 cm³/mol. The van der Waals surface area contributed by atoms with Gasteiger partial charge in [-0.3, -0.25) is 13.9 Å². The normalized spacial score (nSPS) is 12.2. The summed E-state index contributed by atoms with van der Waals surface area (Å²) in [7, 11) is -3.78. The number of nitrogens with zero attached hydrogens (tertiary/aromatic N) is 2. The van der Waals surface area contributed by atoms with Gasteiger partial charge in [-0.2, -0.15) is 0 Å². The van der Waals surface area contributed by atoms with Crippen molar-refractivity contribution in [1.82, 2.24) is 10.2 Å². The number of sulfonamides is 1. The van der Waals surface area contributed by atoms with Gasteiger partial charge >= 0.3 is 0 Å². The summed E-state index contributed by atoms with van der Waals surface area (Å²) in [4.78, 5) is 27.5. The molecule has 0 aromatic heterocycles. The van der Waals surface area contributed by atoms with Gasteiger partial charge in [0.25, 0.3) is 0 Å². The highest BCUT2D eigenvalue weighted by molar-refractivity contribution is 9.10. The molecule has 2 rings (SSSR count). The topological polar surface area (TPSA) is 86.8 Å². The van der Waals surface area contributed by atoms with E-state index in [9.17, 15) is 18.0 Å². The summed E-state index contributed by atoms with van der Waals surface area (Å²) in [5.74, 6) is -0.785. The molecule has 0 aliphatic carbocycles. The summed E-state index contributed by atoms with van der Waals surface area (Å²) < 4.78 is 27.1. The van der Waals surface area contributed by atoms with Crippen LogP contribution in [-0.4, -0.2) is 50.5 Å². The molecule has 1 atom stereocenters. The standard InChI is InChI=1S/C23H29BrClN3O4S/c1-5-12-26-23(30)17(3)27(14-18-6-8-19(24)9-7-18)22(29)15-28(33(4,31)32)21-11-10-20(25)13-16(21)2/h6-11,13,17H,5,12,14-15H2,1-4H3,(H,26,30)/t17-/m0/s1. The number of nitrogens with one attached hydrogen (secondary N) is 1. The minimum Gasteiger partial charge on any atom is -0.354 e. The SMILES string of the molecule is CCCNC(=O)[C@H](C)N(Cc1ccc(Br)cc1)C(=O)CN(c1ccc(Cl)cc1C)S(C)(=O)=O. The molecular weight excluding hydrogens is 530 g/mol. The Morgan fingerprint density at radius 1 is 1.15 bits per heavy atom. The zero-order valence-corrected chi connectivity index (χ0v) is 22.3. The van der Waals surface area contributed by atoms with Gasteiger partial charge in [-0.25, -0.2) is 8.42 Å². The van der Waals surface area contributed by atoms with Crippen LogP contribution in [0.25, 0.3) is 0 Å². The van der Waals surface area contributed by atoms with Crippen molar-refractivity contribution in [3.8, 4) is 0 Å². The first kappa shape index (κ1) is 27.1. The van der Waals surface area contributed by atoms with Crippen LogP contribution in [0.4, 0.5) is 5.69 Å². The van der Waals surface area contributed by atoms with Crippen LogP contribution >= 0.6 is 27.5 Å². The molecule has 2 aromatic carbocycles. The molecule has 0 bridgehead atoms. The second-order valence-electron chi connectivity index (χ2n) is 7.82. The van der Waals surface area contributed by atoms with Gasteiger partial charge in [-0.15, -0.1) is 0 Å². The maximum Gasteiger partial charge on any atom is 0.244 e. The van der Waals surface area contributed by atoms with Crippen molar-refractivity contribution in [2.45, 2.75) is 39.8 Å². The summed E-state index contributed by atoms with van der Waals surface area (Å²) in [6.45, 7) is 5.51. The zero-order chi connectivity index (χ0) is 24.8. The molecule has 7 nitrogen and oxygen atoms in total. The summed E-state index contributed by atoms with van der Waals surface area (Å²) in [5, 5.41) is 3.27. The maximum atomic E-state index is 13.4. The second-order valence-corrected chi connectivity index (χ2v) is 11.1. The molecule has 10 heteroatoms. The Labute approximate surface area is 209 Å². The maximum absolute atomic E-state index is 13.4. The van der Waals surface area contributed by atoms with Crippen LogP contribution in [0.1, 0.15) is 31.4 Å². The van der Waals surface area contributed by atoms with E-state index in [1.54, 1.807) is 32.0 Å². The molecule has 0 aliphatic heterocycles. The number of amides is 2. The van der Waals surface area contributed by atoms with Crippen LogP contribution in [0.2, 0.25) is 5.02 Å². The van der Waals surface area contributed by atoms with Gasteiger partial charge in [0, 0.05) is 22.6 Å². The number of hydrogen-bond acceptors (Lipinski definition) is 4. The van der Waals surface area contributed by atoms with Gasteiger partial charge in [0.15, 0.2) is 0 Å². The third-order valence-electron chi connectivity index (χ3n) is 5.09. The number of carbonyl (C=O) groups is 2. The van der Waals surface area contributed by atoms with E-state index in [4.69, 9.17) is 11.6 Å². The van der Waals surface area contributed by atoms with E-state index in [1.165, 1.54) is 4.90 Å². The molecule has 0 spiro atoms. The lowest BCUT2D eigenvalue weighted by atomic mass is 10.1. The van der Waals surface area contributed by atoms with Crippen molar-refractivity contribution < 1.29 is 18.0 Å². The number of aryl methyl sites for hydroxylation is 1. The average molecular weight is 559 g/mol. The molecule has 0 saturated heterocycles. The van der Waals surface area contributed by atoms with Crippen molar-refractivity contribution in [1.29, 1.82) is 0 Å². The van der Waals surface area contributed by atoms with E-state index in [2.05, 4.69) is 21.2 Å². The molecule has 0 unspecified atom stereocenters. The number of hydrogen-bond donors (Lipinski definition) is 1. The Bertz CT molecular complexity index is 1090. The molecule has 0 fully saturated rings. The fraction of sp³-hybridized carbons (Fsp3) is 0.391. The van der Waals surface area contributed by atoms with Crippen molar-refractivity contribution in [2.24, 2.45) is 0 Å². The zero-order valence-electron chi connectivity index (χ0n) is 19.1. The lowest BCUT2D eigenvalue weighted by Crippen LogP contribution is -2.51. The third kappa shape index (κ3) is 7.72. The van der Waals surface area contributed by atoms with Crippen molar-refractivity contribution in [2.75, 3.05) is 23.7 Å². The number of benzene rings is 2. The average Bonchev–Trinajstić information content (AvgIpc) is 2.74. The molecule has 2 aromatic rings. The predicted octanol–water partition coefficient (Wildman–Crippen LogP) is 4.12. The Balaban J connectivity index is 2.39. The molecule has 0 radical (unpaired) electrons. The van der Waals surface area contributed by atoms with Gasteiger partial charge in [-0.05, 0) is 61.7 Å². The summed E-state index contributed by atoms with van der Waals surface area (Å²) >= 11 is 9.41. The fourth-order valence-electron chi connectivity index (χ4n) is 3.26. The van der Waals surface area contributed by atoms with E-state index >= 15 is 0 Å². The number of halogens is 2. The highest BCUT2D eigenvalue weighted by atomic mass is 79.9. The third-order valence-corrected chi connectivity index (χ3v) is 6.98. The highest BCUT2D eigenvalue weighted by Gasteiger charge is 2.30. The van der Waals surface area contributed by atoms with Crippen LogP contribution in [0.5, 0.6) is 0 Å². The number of rotatable bonds is 10. The summed E-state index contributed by atoms with van der Waals surface area (Å²) in [6, 6.07) is 11.4. The van der Waals surface area contributed by atoms with Crippen LogP contribution in [0, 0.1) is 6.92 Å². The van der Waals surface area contributed by atoms with Crippen LogP contribution < -0.4 is 9.62 Å². The van der Waals surface area contributed by atoms with Gasteiger partial charge in [0.2, 0.25) is 21.8 Å². The largest absolute Gasteiger partial charge is 0.354 e. The Morgan fingerprint density at radius 2 is 1.79 bits per heavy atom. The van der Waals surface area contributed by atoms with E-state index in [-0.39, 0.29) is 12.5 Å².